The molecule has 1 aromatic carbocycles. The Hall–Kier alpha value is -1.26. The van der Waals surface area contributed by atoms with E-state index in [0.717, 1.165) is 16.8 Å². The Morgan fingerprint density at radius 3 is 2.65 bits per heavy atom. The Balaban J connectivity index is 2.37. The van der Waals surface area contributed by atoms with E-state index in [2.05, 4.69) is 21.9 Å². The molecule has 2 nitrogen and oxygen atoms in total. The lowest BCUT2D eigenvalue weighted by Gasteiger charge is -1.99. The molecular weight excluding hydrogens is 248 g/mol. The van der Waals surface area contributed by atoms with Gasteiger partial charge in [-0.15, -0.1) is 11.3 Å². The van der Waals surface area contributed by atoms with Gasteiger partial charge < -0.3 is 4.57 Å². The molecule has 1 aromatic heterocycles. The first-order chi connectivity index (χ1) is 8.22. The summed E-state index contributed by atoms with van der Waals surface area (Å²) in [6, 6.07) is 9.90. The van der Waals surface area contributed by atoms with Crippen molar-refractivity contribution < 1.29 is 0 Å². The normalized spacial score (nSPS) is 11.8. The van der Waals surface area contributed by atoms with E-state index in [1.807, 2.05) is 37.4 Å². The first-order valence-electron chi connectivity index (χ1n) is 5.50. The molecule has 0 aliphatic carbocycles. The van der Waals surface area contributed by atoms with Crippen molar-refractivity contribution in [3.63, 3.8) is 0 Å². The van der Waals surface area contributed by atoms with Crippen molar-refractivity contribution in [2.24, 2.45) is 12.0 Å². The summed E-state index contributed by atoms with van der Waals surface area (Å²) in [5, 5.41) is 2.13. The second-order valence-corrected chi connectivity index (χ2v) is 4.93. The lowest BCUT2D eigenvalue weighted by molar-refractivity contribution is 0.802. The Bertz CT molecular complexity index is 579. The predicted octanol–water partition coefficient (Wildman–Crippen LogP) is 2.93. The van der Waals surface area contributed by atoms with Crippen LogP contribution in [0.3, 0.4) is 0 Å². The molecule has 0 atom stereocenters. The average molecular weight is 262 g/mol. The summed E-state index contributed by atoms with van der Waals surface area (Å²) >= 11 is 6.97. The molecule has 0 fully saturated rings. The third-order valence-electron chi connectivity index (χ3n) is 2.60. The van der Waals surface area contributed by atoms with Crippen molar-refractivity contribution in [3.8, 4) is 0 Å². The van der Waals surface area contributed by atoms with E-state index >= 15 is 0 Å². The third-order valence-corrected chi connectivity index (χ3v) is 3.89. The largest absolute Gasteiger partial charge is 0.324 e. The van der Waals surface area contributed by atoms with E-state index < -0.39 is 0 Å². The number of hydrogen-bond donors (Lipinski definition) is 0. The first kappa shape index (κ1) is 12.2. The van der Waals surface area contributed by atoms with E-state index in [9.17, 15) is 0 Å². The van der Waals surface area contributed by atoms with Crippen LogP contribution in [0.2, 0.25) is 0 Å². The van der Waals surface area contributed by atoms with Crippen molar-refractivity contribution in [2.75, 3.05) is 0 Å². The Labute approximate surface area is 110 Å². The van der Waals surface area contributed by atoms with Crippen molar-refractivity contribution in [3.05, 3.63) is 51.8 Å². The maximum atomic E-state index is 5.33. The molecule has 0 aliphatic rings. The number of nitrogens with zero attached hydrogens (tertiary/aromatic N) is 2. The molecule has 0 aliphatic heterocycles. The van der Waals surface area contributed by atoms with Crippen LogP contribution in [-0.2, 0) is 13.5 Å². The van der Waals surface area contributed by atoms with Gasteiger partial charge in [0.2, 0.25) is 0 Å². The number of thiocarbonyl (C=S) groups is 1. The molecule has 0 N–H and O–H groups in total. The van der Waals surface area contributed by atoms with Gasteiger partial charge >= 0.3 is 0 Å². The molecule has 0 radical (unpaired) electrons. The highest BCUT2D eigenvalue weighted by atomic mass is 32.1. The van der Waals surface area contributed by atoms with E-state index in [0.29, 0.717) is 4.99 Å². The summed E-state index contributed by atoms with van der Waals surface area (Å²) in [5.74, 6) is 0. The maximum Gasteiger partial charge on any atom is 0.190 e. The lowest BCUT2D eigenvalue weighted by atomic mass is 10.2. The highest BCUT2D eigenvalue weighted by Crippen LogP contribution is 2.04. The van der Waals surface area contributed by atoms with E-state index in [4.69, 9.17) is 12.2 Å². The van der Waals surface area contributed by atoms with Crippen LogP contribution >= 0.6 is 23.6 Å². The molecule has 4 heteroatoms. The zero-order chi connectivity index (χ0) is 12.3. The van der Waals surface area contributed by atoms with E-state index in [1.54, 1.807) is 11.3 Å². The van der Waals surface area contributed by atoms with Crippen LogP contribution in [0, 0.1) is 0 Å². The molecule has 1 heterocycles. The van der Waals surface area contributed by atoms with Gasteiger partial charge in [0.15, 0.2) is 4.80 Å². The molecule has 2 rings (SSSR count). The van der Waals surface area contributed by atoms with Crippen molar-refractivity contribution in [1.29, 1.82) is 0 Å². The zero-order valence-corrected chi connectivity index (χ0v) is 11.5. The molecular formula is C13H14N2S2. The zero-order valence-electron chi connectivity index (χ0n) is 9.88. The van der Waals surface area contributed by atoms with Gasteiger partial charge in [-0.3, -0.25) is 0 Å². The number of thiazole rings is 1. The summed E-state index contributed by atoms with van der Waals surface area (Å²) in [5.41, 5.74) is 2.28. The molecule has 0 saturated carbocycles. The molecule has 2 aromatic rings. The first-order valence-corrected chi connectivity index (χ1v) is 6.78. The van der Waals surface area contributed by atoms with Gasteiger partial charge in [0.1, 0.15) is 4.99 Å². The monoisotopic (exact) mass is 262 g/mol. The standard InChI is InChI=1S/C13H14N2S2/c1-3-11-9-17-13(15(11)2)14-12(16)10-7-5-4-6-8-10/h4-9H,3H2,1-2H3. The average Bonchev–Trinajstić information content (AvgIpc) is 2.71. The van der Waals surface area contributed by atoms with Gasteiger partial charge in [-0.05, 0) is 6.42 Å². The Morgan fingerprint density at radius 2 is 2.06 bits per heavy atom. The van der Waals surface area contributed by atoms with Crippen molar-refractivity contribution >= 4 is 28.5 Å². The van der Waals surface area contributed by atoms with Crippen LogP contribution in [0.1, 0.15) is 18.2 Å². The summed E-state index contributed by atoms with van der Waals surface area (Å²) in [7, 11) is 2.03. The fourth-order valence-corrected chi connectivity index (χ4v) is 2.82. The van der Waals surface area contributed by atoms with Gasteiger partial charge in [-0.2, -0.15) is 0 Å². The fraction of sp³-hybridized carbons (Fsp3) is 0.231. The van der Waals surface area contributed by atoms with Gasteiger partial charge in [0.05, 0.1) is 0 Å². The quantitative estimate of drug-likeness (QED) is 0.761. The minimum Gasteiger partial charge on any atom is -0.324 e. The minimum atomic E-state index is 0.644. The maximum absolute atomic E-state index is 5.33. The molecule has 0 spiro atoms. The molecule has 0 saturated heterocycles. The van der Waals surface area contributed by atoms with Gasteiger partial charge in [-0.25, -0.2) is 4.99 Å². The van der Waals surface area contributed by atoms with Crippen LogP contribution in [-0.4, -0.2) is 9.56 Å². The summed E-state index contributed by atoms with van der Waals surface area (Å²) < 4.78 is 2.10. The predicted molar refractivity (Wildman–Crippen MR) is 76.4 cm³/mol. The van der Waals surface area contributed by atoms with Crippen molar-refractivity contribution in [1.82, 2.24) is 4.57 Å². The fourth-order valence-electron chi connectivity index (χ4n) is 1.56. The number of aryl methyl sites for hydroxylation is 1. The molecule has 0 unspecified atom stereocenters. The van der Waals surface area contributed by atoms with Crippen LogP contribution < -0.4 is 4.80 Å². The van der Waals surface area contributed by atoms with E-state index in [1.165, 1.54) is 5.69 Å². The second-order valence-electron chi connectivity index (χ2n) is 3.71. The summed E-state index contributed by atoms with van der Waals surface area (Å²) in [6.45, 7) is 2.14. The second kappa shape index (κ2) is 5.38. The van der Waals surface area contributed by atoms with Crippen LogP contribution in [0.15, 0.2) is 40.7 Å². The Kier molecular flexibility index (Phi) is 3.86. The Morgan fingerprint density at radius 1 is 1.35 bits per heavy atom. The topological polar surface area (TPSA) is 17.3 Å². The summed E-state index contributed by atoms with van der Waals surface area (Å²) in [6.07, 6.45) is 1.01. The number of hydrogen-bond acceptors (Lipinski definition) is 2. The van der Waals surface area contributed by atoms with Gasteiger partial charge in [0.25, 0.3) is 0 Å². The third kappa shape index (κ3) is 2.70. The van der Waals surface area contributed by atoms with Crippen LogP contribution in [0.5, 0.6) is 0 Å². The smallest absolute Gasteiger partial charge is 0.190 e. The molecule has 88 valence electrons. The summed E-state index contributed by atoms with van der Waals surface area (Å²) in [4.78, 5) is 6.11. The molecule has 0 amide bonds. The highest BCUT2D eigenvalue weighted by molar-refractivity contribution is 7.80. The van der Waals surface area contributed by atoms with Gasteiger partial charge in [0, 0.05) is 23.7 Å². The van der Waals surface area contributed by atoms with E-state index in [-0.39, 0.29) is 0 Å². The number of rotatable bonds is 2. The van der Waals surface area contributed by atoms with Crippen molar-refractivity contribution in [2.45, 2.75) is 13.3 Å². The van der Waals surface area contributed by atoms with Crippen LogP contribution in [0.25, 0.3) is 0 Å². The molecule has 0 bridgehead atoms. The van der Waals surface area contributed by atoms with Crippen LogP contribution in [0.4, 0.5) is 0 Å². The molecule has 17 heavy (non-hydrogen) atoms. The minimum absolute atomic E-state index is 0.644. The SMILES string of the molecule is CCc1csc(=NC(=S)c2ccccc2)n1C. The highest BCUT2D eigenvalue weighted by Gasteiger charge is 2.01. The number of aromatic nitrogens is 1. The lowest BCUT2D eigenvalue weighted by Crippen LogP contribution is -2.15. The number of benzene rings is 1. The van der Waals surface area contributed by atoms with Gasteiger partial charge in [-0.1, -0.05) is 49.5 Å².